The number of carbonyl (C=O) groups is 1. The highest BCUT2D eigenvalue weighted by atomic mass is 16.4. The third-order valence-corrected chi connectivity index (χ3v) is 2.32. The van der Waals surface area contributed by atoms with Crippen LogP contribution in [-0.4, -0.2) is 26.5 Å². The molecule has 2 rings (SSSR count). The van der Waals surface area contributed by atoms with Gasteiger partial charge >= 0.3 is 5.97 Å². The number of hydrogen-bond acceptors (Lipinski definition) is 3. The lowest BCUT2D eigenvalue weighted by molar-refractivity contribution is -0.136. The molecule has 0 aliphatic carbocycles. The molecule has 0 radical (unpaired) electrons. The second-order valence-electron chi connectivity index (χ2n) is 3.41. The summed E-state index contributed by atoms with van der Waals surface area (Å²) >= 11 is 0. The first-order chi connectivity index (χ1) is 7.77. The molecular weight excluding hydrogens is 206 g/mol. The van der Waals surface area contributed by atoms with E-state index in [9.17, 15) is 4.79 Å². The zero-order valence-electron chi connectivity index (χ0n) is 8.55. The quantitative estimate of drug-likeness (QED) is 0.813. The summed E-state index contributed by atoms with van der Waals surface area (Å²) in [6.45, 7) is 0. The molecule has 0 atom stereocenters. The van der Waals surface area contributed by atoms with Crippen LogP contribution in [0.2, 0.25) is 0 Å². The minimum atomic E-state index is -0.796. The van der Waals surface area contributed by atoms with Crippen LogP contribution >= 0.6 is 0 Å². The zero-order valence-corrected chi connectivity index (χ0v) is 8.55. The smallest absolute Gasteiger partial charge is 0.303 e. The summed E-state index contributed by atoms with van der Waals surface area (Å²) in [5, 5.41) is 18.9. The van der Waals surface area contributed by atoms with Crippen LogP contribution < -0.4 is 0 Å². The molecule has 2 aromatic rings. The van der Waals surface area contributed by atoms with Gasteiger partial charge in [0.25, 0.3) is 0 Å². The van der Waals surface area contributed by atoms with E-state index in [1.165, 1.54) is 0 Å². The molecular formula is C11H11N3O2. The van der Waals surface area contributed by atoms with E-state index >= 15 is 0 Å². The Morgan fingerprint density at radius 3 is 2.88 bits per heavy atom. The van der Waals surface area contributed by atoms with Crippen molar-refractivity contribution in [1.82, 2.24) is 15.4 Å². The van der Waals surface area contributed by atoms with Gasteiger partial charge in [-0.25, -0.2) is 0 Å². The van der Waals surface area contributed by atoms with Gasteiger partial charge in [0.15, 0.2) is 0 Å². The molecule has 5 heteroatoms. The molecule has 0 unspecified atom stereocenters. The fourth-order valence-corrected chi connectivity index (χ4v) is 1.56. The topological polar surface area (TPSA) is 78.9 Å². The highest BCUT2D eigenvalue weighted by Gasteiger charge is 2.08. The van der Waals surface area contributed by atoms with Crippen molar-refractivity contribution in [3.05, 3.63) is 36.0 Å². The number of nitrogens with one attached hydrogen (secondary N) is 1. The van der Waals surface area contributed by atoms with Crippen LogP contribution in [0.25, 0.3) is 11.3 Å². The summed E-state index contributed by atoms with van der Waals surface area (Å²) in [6, 6.07) is 7.61. The van der Waals surface area contributed by atoms with Gasteiger partial charge in [0.1, 0.15) is 5.69 Å². The number of aromatic nitrogens is 3. The summed E-state index contributed by atoms with van der Waals surface area (Å²) in [6.07, 6.45) is 2.24. The lowest BCUT2D eigenvalue weighted by atomic mass is 10.0. The van der Waals surface area contributed by atoms with Crippen LogP contribution in [-0.2, 0) is 11.2 Å². The Morgan fingerprint density at radius 2 is 2.19 bits per heavy atom. The van der Waals surface area contributed by atoms with E-state index in [2.05, 4.69) is 15.4 Å². The van der Waals surface area contributed by atoms with Crippen molar-refractivity contribution in [1.29, 1.82) is 0 Å². The Balaban J connectivity index is 2.27. The highest BCUT2D eigenvalue weighted by Crippen LogP contribution is 2.21. The van der Waals surface area contributed by atoms with Gasteiger partial charge in [-0.3, -0.25) is 4.79 Å². The SMILES string of the molecule is O=C(O)CCc1ccccc1-c1cn[nH]n1. The third-order valence-electron chi connectivity index (χ3n) is 2.32. The van der Waals surface area contributed by atoms with E-state index in [4.69, 9.17) is 5.11 Å². The first-order valence-electron chi connectivity index (χ1n) is 4.93. The number of H-pyrrole nitrogens is 1. The third kappa shape index (κ3) is 2.25. The van der Waals surface area contributed by atoms with Crippen molar-refractivity contribution in [2.45, 2.75) is 12.8 Å². The number of hydrogen-bond donors (Lipinski definition) is 2. The van der Waals surface area contributed by atoms with Gasteiger partial charge in [-0.05, 0) is 12.0 Å². The van der Waals surface area contributed by atoms with E-state index in [-0.39, 0.29) is 6.42 Å². The summed E-state index contributed by atoms with van der Waals surface area (Å²) in [7, 11) is 0. The monoisotopic (exact) mass is 217 g/mol. The molecule has 1 heterocycles. The minimum Gasteiger partial charge on any atom is -0.481 e. The Hall–Kier alpha value is -2.17. The van der Waals surface area contributed by atoms with Gasteiger partial charge in [-0.15, -0.1) is 0 Å². The first kappa shape index (κ1) is 10.4. The number of carboxylic acid groups (broad SMARTS) is 1. The van der Waals surface area contributed by atoms with Crippen molar-refractivity contribution < 1.29 is 9.90 Å². The molecule has 0 amide bonds. The summed E-state index contributed by atoms with van der Waals surface area (Å²) < 4.78 is 0. The van der Waals surface area contributed by atoms with Crippen molar-refractivity contribution in [2.24, 2.45) is 0 Å². The molecule has 0 spiro atoms. The average Bonchev–Trinajstić information content (AvgIpc) is 2.80. The molecule has 0 aliphatic heterocycles. The number of nitrogens with zero attached hydrogens (tertiary/aromatic N) is 2. The van der Waals surface area contributed by atoms with Crippen LogP contribution in [0.4, 0.5) is 0 Å². The average molecular weight is 217 g/mol. The number of aliphatic carboxylic acids is 1. The van der Waals surface area contributed by atoms with Crippen molar-refractivity contribution >= 4 is 5.97 Å². The standard InChI is InChI=1S/C11H11N3O2/c15-11(16)6-5-8-3-1-2-4-9(8)10-7-12-14-13-10/h1-4,7H,5-6H2,(H,15,16)(H,12,13,14). The molecule has 5 nitrogen and oxygen atoms in total. The fraction of sp³-hybridized carbons (Fsp3) is 0.182. The van der Waals surface area contributed by atoms with Gasteiger partial charge in [0.05, 0.1) is 6.20 Å². The van der Waals surface area contributed by atoms with Gasteiger partial charge in [0, 0.05) is 12.0 Å². The van der Waals surface area contributed by atoms with Crippen molar-refractivity contribution in [2.75, 3.05) is 0 Å². The Labute approximate surface area is 92.1 Å². The van der Waals surface area contributed by atoms with E-state index in [1.54, 1.807) is 6.20 Å². The predicted molar refractivity (Wildman–Crippen MR) is 57.8 cm³/mol. The lowest BCUT2D eigenvalue weighted by Crippen LogP contribution is -1.99. The number of benzene rings is 1. The summed E-state index contributed by atoms with van der Waals surface area (Å²) in [5.41, 5.74) is 2.64. The van der Waals surface area contributed by atoms with Crippen molar-refractivity contribution in [3.63, 3.8) is 0 Å². The van der Waals surface area contributed by atoms with Crippen molar-refractivity contribution in [3.8, 4) is 11.3 Å². The second kappa shape index (κ2) is 4.57. The second-order valence-corrected chi connectivity index (χ2v) is 3.41. The molecule has 0 bridgehead atoms. The molecule has 16 heavy (non-hydrogen) atoms. The van der Waals surface area contributed by atoms with Crippen LogP contribution in [0, 0.1) is 0 Å². The Kier molecular flexibility index (Phi) is 2.95. The Morgan fingerprint density at radius 1 is 1.38 bits per heavy atom. The predicted octanol–water partition coefficient (Wildman–Crippen LogP) is 1.49. The minimum absolute atomic E-state index is 0.120. The molecule has 0 aliphatic rings. The van der Waals surface area contributed by atoms with Gasteiger partial charge in [-0.1, -0.05) is 24.3 Å². The van der Waals surface area contributed by atoms with Gasteiger partial charge in [-0.2, -0.15) is 15.4 Å². The molecule has 82 valence electrons. The molecule has 1 aromatic heterocycles. The molecule has 0 saturated carbocycles. The largest absolute Gasteiger partial charge is 0.481 e. The van der Waals surface area contributed by atoms with E-state index in [0.717, 1.165) is 16.8 Å². The van der Waals surface area contributed by atoms with Gasteiger partial charge in [0.2, 0.25) is 0 Å². The first-order valence-corrected chi connectivity index (χ1v) is 4.93. The maximum atomic E-state index is 10.5. The van der Waals surface area contributed by atoms with Crippen LogP contribution in [0.3, 0.4) is 0 Å². The maximum absolute atomic E-state index is 10.5. The normalized spacial score (nSPS) is 10.2. The van der Waals surface area contributed by atoms with Crippen LogP contribution in [0.5, 0.6) is 0 Å². The number of aryl methyl sites for hydroxylation is 1. The fourth-order valence-electron chi connectivity index (χ4n) is 1.56. The number of carboxylic acids is 1. The van der Waals surface area contributed by atoms with Gasteiger partial charge < -0.3 is 5.11 Å². The zero-order chi connectivity index (χ0) is 11.4. The molecule has 0 fully saturated rings. The number of rotatable bonds is 4. The van der Waals surface area contributed by atoms with Crippen LogP contribution in [0.1, 0.15) is 12.0 Å². The number of aromatic amines is 1. The van der Waals surface area contributed by atoms with Crippen LogP contribution in [0.15, 0.2) is 30.5 Å². The maximum Gasteiger partial charge on any atom is 0.303 e. The van der Waals surface area contributed by atoms with E-state index in [1.807, 2.05) is 24.3 Å². The Bertz CT molecular complexity index is 480. The lowest BCUT2D eigenvalue weighted by Gasteiger charge is -2.04. The van der Waals surface area contributed by atoms with E-state index in [0.29, 0.717) is 6.42 Å². The summed E-state index contributed by atoms with van der Waals surface area (Å²) in [4.78, 5) is 10.5. The summed E-state index contributed by atoms with van der Waals surface area (Å²) in [5.74, 6) is -0.796. The molecule has 1 aromatic carbocycles. The van der Waals surface area contributed by atoms with E-state index < -0.39 is 5.97 Å². The molecule has 2 N–H and O–H groups in total. The molecule has 0 saturated heterocycles. The highest BCUT2D eigenvalue weighted by molar-refractivity contribution is 5.69.